The Morgan fingerprint density at radius 3 is 2.52 bits per heavy atom. The van der Waals surface area contributed by atoms with Crippen molar-refractivity contribution in [3.05, 3.63) is 41.7 Å². The second-order valence-corrected chi connectivity index (χ2v) is 6.95. The molecular formula is C20H28FN3O. The second-order valence-electron chi connectivity index (χ2n) is 6.95. The number of nitrogens with zero attached hydrogens (tertiary/aromatic N) is 2. The van der Waals surface area contributed by atoms with Gasteiger partial charge < -0.3 is 10.2 Å². The molecule has 3 rings (SSSR count). The van der Waals surface area contributed by atoms with Crippen molar-refractivity contribution in [2.45, 2.75) is 32.1 Å². The molecule has 1 heterocycles. The lowest BCUT2D eigenvalue weighted by atomic mass is 9.97. The van der Waals surface area contributed by atoms with E-state index in [2.05, 4.69) is 21.2 Å². The molecule has 0 atom stereocenters. The molecule has 1 aliphatic heterocycles. The number of anilines is 1. The Kier molecular flexibility index (Phi) is 6.45. The van der Waals surface area contributed by atoms with Crippen LogP contribution in [-0.4, -0.2) is 50.1 Å². The SMILES string of the molecule is O=C(CN1CCN(c2ccc(F)cc2)CC1)NCCC1=CCCCC1. The maximum absolute atomic E-state index is 13.0. The summed E-state index contributed by atoms with van der Waals surface area (Å²) >= 11 is 0. The number of rotatable bonds is 6. The van der Waals surface area contributed by atoms with Gasteiger partial charge in [-0.2, -0.15) is 0 Å². The average Bonchev–Trinajstić information content (AvgIpc) is 2.64. The molecule has 136 valence electrons. The lowest BCUT2D eigenvalue weighted by Crippen LogP contribution is -2.49. The van der Waals surface area contributed by atoms with E-state index < -0.39 is 0 Å². The third-order valence-electron chi connectivity index (χ3n) is 5.08. The number of hydrogen-bond donors (Lipinski definition) is 1. The van der Waals surface area contributed by atoms with E-state index in [0.717, 1.165) is 44.8 Å². The monoisotopic (exact) mass is 345 g/mol. The van der Waals surface area contributed by atoms with Crippen LogP contribution in [-0.2, 0) is 4.79 Å². The Hall–Kier alpha value is -1.88. The van der Waals surface area contributed by atoms with Crippen LogP contribution in [0.2, 0.25) is 0 Å². The summed E-state index contributed by atoms with van der Waals surface area (Å²) in [6.07, 6.45) is 8.31. The van der Waals surface area contributed by atoms with Crippen molar-refractivity contribution < 1.29 is 9.18 Å². The third-order valence-corrected chi connectivity index (χ3v) is 5.08. The Bertz CT molecular complexity index is 591. The van der Waals surface area contributed by atoms with Crippen LogP contribution in [0.3, 0.4) is 0 Å². The van der Waals surface area contributed by atoms with E-state index in [9.17, 15) is 9.18 Å². The normalized spacial score (nSPS) is 18.8. The van der Waals surface area contributed by atoms with E-state index in [4.69, 9.17) is 0 Å². The van der Waals surface area contributed by atoms with Crippen molar-refractivity contribution in [1.82, 2.24) is 10.2 Å². The molecule has 5 heteroatoms. The number of hydrogen-bond acceptors (Lipinski definition) is 3. The number of carbonyl (C=O) groups is 1. The minimum Gasteiger partial charge on any atom is -0.369 e. The molecular weight excluding hydrogens is 317 g/mol. The van der Waals surface area contributed by atoms with Gasteiger partial charge >= 0.3 is 0 Å². The molecule has 1 aromatic rings. The van der Waals surface area contributed by atoms with Crippen molar-refractivity contribution in [1.29, 1.82) is 0 Å². The summed E-state index contributed by atoms with van der Waals surface area (Å²) in [6, 6.07) is 6.63. The smallest absolute Gasteiger partial charge is 0.234 e. The fraction of sp³-hybridized carbons (Fsp3) is 0.550. The van der Waals surface area contributed by atoms with E-state index in [1.807, 2.05) is 12.1 Å². The van der Waals surface area contributed by atoms with E-state index in [0.29, 0.717) is 6.54 Å². The van der Waals surface area contributed by atoms with Gasteiger partial charge in [0, 0.05) is 38.4 Å². The Balaban J connectivity index is 1.34. The molecule has 25 heavy (non-hydrogen) atoms. The number of amides is 1. The predicted molar refractivity (Wildman–Crippen MR) is 99.2 cm³/mol. The van der Waals surface area contributed by atoms with Crippen molar-refractivity contribution >= 4 is 11.6 Å². The zero-order valence-corrected chi connectivity index (χ0v) is 14.8. The number of halogens is 1. The van der Waals surface area contributed by atoms with Gasteiger partial charge in [0.15, 0.2) is 0 Å². The summed E-state index contributed by atoms with van der Waals surface area (Å²) in [5, 5.41) is 3.05. The van der Waals surface area contributed by atoms with Crippen molar-refractivity contribution in [2.75, 3.05) is 44.2 Å². The largest absolute Gasteiger partial charge is 0.369 e. The summed E-state index contributed by atoms with van der Waals surface area (Å²) < 4.78 is 13.0. The summed E-state index contributed by atoms with van der Waals surface area (Å²) in [4.78, 5) is 16.5. The van der Waals surface area contributed by atoms with Gasteiger partial charge in [0.05, 0.1) is 6.54 Å². The average molecular weight is 345 g/mol. The lowest BCUT2D eigenvalue weighted by molar-refractivity contribution is -0.122. The predicted octanol–water partition coefficient (Wildman–Crippen LogP) is 2.95. The molecule has 0 unspecified atom stereocenters. The molecule has 2 aliphatic rings. The fourth-order valence-corrected chi connectivity index (χ4v) is 3.57. The van der Waals surface area contributed by atoms with E-state index in [1.54, 1.807) is 0 Å². The van der Waals surface area contributed by atoms with Crippen LogP contribution in [0.5, 0.6) is 0 Å². The molecule has 0 saturated carbocycles. The maximum Gasteiger partial charge on any atom is 0.234 e. The standard InChI is InChI=1S/C20H28FN3O/c21-18-6-8-19(9-7-18)24-14-12-23(13-15-24)16-20(25)22-11-10-17-4-2-1-3-5-17/h4,6-9H,1-3,5,10-16H2,(H,22,25). The van der Waals surface area contributed by atoms with Gasteiger partial charge in [-0.3, -0.25) is 9.69 Å². The van der Waals surface area contributed by atoms with Crippen molar-refractivity contribution in [2.24, 2.45) is 0 Å². The molecule has 1 aromatic carbocycles. The fourth-order valence-electron chi connectivity index (χ4n) is 3.57. The van der Waals surface area contributed by atoms with Gasteiger partial charge in [0.1, 0.15) is 5.82 Å². The first-order valence-electron chi connectivity index (χ1n) is 9.38. The topological polar surface area (TPSA) is 35.6 Å². The van der Waals surface area contributed by atoms with Crippen LogP contribution in [0, 0.1) is 5.82 Å². The van der Waals surface area contributed by atoms with Crippen LogP contribution in [0.1, 0.15) is 32.1 Å². The summed E-state index contributed by atoms with van der Waals surface area (Å²) in [6.45, 7) is 4.67. The molecule has 0 bridgehead atoms. The molecule has 1 aliphatic carbocycles. The Morgan fingerprint density at radius 2 is 1.84 bits per heavy atom. The lowest BCUT2D eigenvalue weighted by Gasteiger charge is -2.35. The zero-order chi connectivity index (χ0) is 17.5. The molecule has 0 radical (unpaired) electrons. The van der Waals surface area contributed by atoms with Crippen LogP contribution in [0.4, 0.5) is 10.1 Å². The molecule has 1 amide bonds. The van der Waals surface area contributed by atoms with Gasteiger partial charge in [-0.25, -0.2) is 4.39 Å². The highest BCUT2D eigenvalue weighted by molar-refractivity contribution is 5.78. The molecule has 1 fully saturated rings. The van der Waals surface area contributed by atoms with Crippen molar-refractivity contribution in [3.8, 4) is 0 Å². The third kappa shape index (κ3) is 5.56. The first kappa shape index (κ1) is 17.9. The van der Waals surface area contributed by atoms with E-state index in [1.165, 1.54) is 43.4 Å². The van der Waals surface area contributed by atoms with Crippen LogP contribution >= 0.6 is 0 Å². The summed E-state index contributed by atoms with van der Waals surface area (Å²) in [5.74, 6) is -0.0883. The molecule has 1 N–H and O–H groups in total. The van der Waals surface area contributed by atoms with E-state index >= 15 is 0 Å². The number of allylic oxidation sites excluding steroid dienone is 1. The Labute approximate surface area is 149 Å². The first-order chi connectivity index (χ1) is 12.2. The first-order valence-corrected chi connectivity index (χ1v) is 9.38. The minimum absolute atomic E-state index is 0.117. The molecule has 0 aromatic heterocycles. The molecule has 4 nitrogen and oxygen atoms in total. The summed E-state index contributed by atoms with van der Waals surface area (Å²) in [7, 11) is 0. The quantitative estimate of drug-likeness (QED) is 0.805. The molecule has 0 spiro atoms. The van der Waals surface area contributed by atoms with Gasteiger partial charge in [-0.15, -0.1) is 0 Å². The van der Waals surface area contributed by atoms with Crippen molar-refractivity contribution in [3.63, 3.8) is 0 Å². The highest BCUT2D eigenvalue weighted by Crippen LogP contribution is 2.19. The minimum atomic E-state index is -0.206. The number of nitrogens with one attached hydrogen (secondary N) is 1. The van der Waals surface area contributed by atoms with Crippen LogP contribution in [0.25, 0.3) is 0 Å². The summed E-state index contributed by atoms with van der Waals surface area (Å²) in [5.41, 5.74) is 2.55. The highest BCUT2D eigenvalue weighted by atomic mass is 19.1. The zero-order valence-electron chi connectivity index (χ0n) is 14.8. The second kappa shape index (κ2) is 8.99. The van der Waals surface area contributed by atoms with Crippen LogP contribution < -0.4 is 10.2 Å². The maximum atomic E-state index is 13.0. The van der Waals surface area contributed by atoms with Crippen LogP contribution in [0.15, 0.2) is 35.9 Å². The molecule has 1 saturated heterocycles. The number of carbonyl (C=O) groups excluding carboxylic acids is 1. The van der Waals surface area contributed by atoms with Gasteiger partial charge in [-0.05, 0) is 56.4 Å². The van der Waals surface area contributed by atoms with Gasteiger partial charge in [0.2, 0.25) is 5.91 Å². The highest BCUT2D eigenvalue weighted by Gasteiger charge is 2.19. The Morgan fingerprint density at radius 1 is 1.08 bits per heavy atom. The van der Waals surface area contributed by atoms with Gasteiger partial charge in [-0.1, -0.05) is 11.6 Å². The number of benzene rings is 1. The number of piperazine rings is 1. The van der Waals surface area contributed by atoms with E-state index in [-0.39, 0.29) is 11.7 Å². The van der Waals surface area contributed by atoms with Gasteiger partial charge in [0.25, 0.3) is 0 Å².